The van der Waals surface area contributed by atoms with E-state index in [1.165, 1.54) is 0 Å². The van der Waals surface area contributed by atoms with Gasteiger partial charge in [-0.05, 0) is 0 Å². The fourth-order valence-corrected chi connectivity index (χ4v) is 2.73. The SMILES string of the molecule is CC(C)C(C=O)[Se]c1ccccn1. The van der Waals surface area contributed by atoms with Crippen molar-refractivity contribution in [2.24, 2.45) is 5.92 Å². The molecule has 0 aliphatic carbocycles. The van der Waals surface area contributed by atoms with Gasteiger partial charge in [0.1, 0.15) is 0 Å². The summed E-state index contributed by atoms with van der Waals surface area (Å²) in [5.41, 5.74) is 0. The van der Waals surface area contributed by atoms with Crippen molar-refractivity contribution in [1.29, 1.82) is 0 Å². The summed E-state index contributed by atoms with van der Waals surface area (Å²) in [5, 5.41) is 0. The molecule has 1 rings (SSSR count). The van der Waals surface area contributed by atoms with Crippen LogP contribution < -0.4 is 4.59 Å². The standard InChI is InChI=1S/C10H13NOSe/c1-8(2)9(7-12)13-10-5-3-4-6-11-10/h3-9H,1-2H3. The van der Waals surface area contributed by atoms with Gasteiger partial charge < -0.3 is 0 Å². The van der Waals surface area contributed by atoms with E-state index in [9.17, 15) is 4.79 Å². The van der Waals surface area contributed by atoms with Crippen LogP contribution in [0.15, 0.2) is 24.4 Å². The molecule has 0 saturated heterocycles. The first-order valence-corrected chi connectivity index (χ1v) is 6.11. The second kappa shape index (κ2) is 5.15. The molecule has 0 saturated carbocycles. The van der Waals surface area contributed by atoms with Gasteiger partial charge in [-0.1, -0.05) is 0 Å². The van der Waals surface area contributed by atoms with Crippen molar-refractivity contribution < 1.29 is 4.79 Å². The van der Waals surface area contributed by atoms with Gasteiger partial charge in [-0.25, -0.2) is 0 Å². The first kappa shape index (κ1) is 10.4. The van der Waals surface area contributed by atoms with E-state index >= 15 is 0 Å². The van der Waals surface area contributed by atoms with Gasteiger partial charge in [0.2, 0.25) is 0 Å². The Bertz CT molecular complexity index is 261. The van der Waals surface area contributed by atoms with Crippen LogP contribution in [0, 0.1) is 5.92 Å². The Morgan fingerprint density at radius 3 is 2.69 bits per heavy atom. The molecular formula is C10H13NOSe. The Hall–Kier alpha value is -0.661. The number of aldehydes is 1. The second-order valence-corrected chi connectivity index (χ2v) is 5.64. The monoisotopic (exact) mass is 243 g/mol. The fourth-order valence-electron chi connectivity index (χ4n) is 0.877. The van der Waals surface area contributed by atoms with Crippen LogP contribution >= 0.6 is 0 Å². The Morgan fingerprint density at radius 1 is 1.46 bits per heavy atom. The van der Waals surface area contributed by atoms with Crippen molar-refractivity contribution in [1.82, 2.24) is 4.98 Å². The van der Waals surface area contributed by atoms with Crippen molar-refractivity contribution in [3.63, 3.8) is 0 Å². The summed E-state index contributed by atoms with van der Waals surface area (Å²) in [5.74, 6) is 0.416. The molecule has 13 heavy (non-hydrogen) atoms. The molecule has 1 aromatic rings. The third-order valence-corrected chi connectivity index (χ3v) is 4.65. The number of hydrogen-bond donors (Lipinski definition) is 0. The average Bonchev–Trinajstić information content (AvgIpc) is 2.15. The molecule has 1 heterocycles. The summed E-state index contributed by atoms with van der Waals surface area (Å²) >= 11 is 0.178. The van der Waals surface area contributed by atoms with Gasteiger partial charge in [0.25, 0.3) is 0 Å². The molecule has 0 fully saturated rings. The molecule has 0 aliphatic rings. The van der Waals surface area contributed by atoms with Gasteiger partial charge in [0.15, 0.2) is 0 Å². The number of nitrogens with zero attached hydrogens (tertiary/aromatic N) is 1. The topological polar surface area (TPSA) is 30.0 Å². The molecule has 0 aliphatic heterocycles. The number of carbonyl (C=O) groups is 1. The molecule has 0 aromatic carbocycles. The molecular weight excluding hydrogens is 229 g/mol. The summed E-state index contributed by atoms with van der Waals surface area (Å²) in [6.07, 6.45) is 2.83. The Kier molecular flexibility index (Phi) is 4.13. The molecule has 70 valence electrons. The number of pyridine rings is 1. The summed E-state index contributed by atoms with van der Waals surface area (Å²) in [6.45, 7) is 4.15. The van der Waals surface area contributed by atoms with Crippen molar-refractivity contribution >= 4 is 25.8 Å². The third-order valence-electron chi connectivity index (χ3n) is 1.69. The minimum atomic E-state index is 0.155. The van der Waals surface area contributed by atoms with Gasteiger partial charge >= 0.3 is 84.6 Å². The summed E-state index contributed by atoms with van der Waals surface area (Å²) < 4.78 is 1.06. The van der Waals surface area contributed by atoms with Crippen LogP contribution in [0.5, 0.6) is 0 Å². The number of rotatable bonds is 4. The van der Waals surface area contributed by atoms with E-state index in [0.717, 1.165) is 10.9 Å². The number of hydrogen-bond acceptors (Lipinski definition) is 2. The number of aromatic nitrogens is 1. The van der Waals surface area contributed by atoms with Crippen LogP contribution in [0.4, 0.5) is 0 Å². The Morgan fingerprint density at radius 2 is 2.23 bits per heavy atom. The predicted octanol–water partition coefficient (Wildman–Crippen LogP) is 1.05. The van der Waals surface area contributed by atoms with Gasteiger partial charge in [0.05, 0.1) is 0 Å². The molecule has 0 bridgehead atoms. The molecule has 1 unspecified atom stereocenters. The summed E-state index contributed by atoms with van der Waals surface area (Å²) in [7, 11) is 0. The molecule has 1 atom stereocenters. The Labute approximate surface area is 84.9 Å². The average molecular weight is 242 g/mol. The first-order valence-electron chi connectivity index (χ1n) is 4.27. The molecule has 1 aromatic heterocycles. The van der Waals surface area contributed by atoms with Gasteiger partial charge in [-0.2, -0.15) is 0 Å². The van der Waals surface area contributed by atoms with Crippen molar-refractivity contribution in [2.75, 3.05) is 0 Å². The van der Waals surface area contributed by atoms with Crippen LogP contribution in [0.2, 0.25) is 4.82 Å². The summed E-state index contributed by atoms with van der Waals surface area (Å²) in [4.78, 5) is 15.1. The third kappa shape index (κ3) is 3.29. The van der Waals surface area contributed by atoms with E-state index in [1.54, 1.807) is 6.20 Å². The normalized spacial score (nSPS) is 12.8. The number of carbonyl (C=O) groups excluding carboxylic acids is 1. The van der Waals surface area contributed by atoms with Crippen LogP contribution in [0.25, 0.3) is 0 Å². The van der Waals surface area contributed by atoms with E-state index in [0.29, 0.717) is 5.92 Å². The zero-order valence-corrected chi connectivity index (χ0v) is 9.52. The molecule has 3 heteroatoms. The van der Waals surface area contributed by atoms with Gasteiger partial charge in [0, 0.05) is 0 Å². The van der Waals surface area contributed by atoms with E-state index in [-0.39, 0.29) is 19.8 Å². The van der Waals surface area contributed by atoms with Gasteiger partial charge in [-0.15, -0.1) is 0 Å². The van der Waals surface area contributed by atoms with Crippen LogP contribution in [0.1, 0.15) is 13.8 Å². The molecule has 0 spiro atoms. The van der Waals surface area contributed by atoms with Crippen LogP contribution in [-0.2, 0) is 4.79 Å². The maximum absolute atomic E-state index is 10.7. The van der Waals surface area contributed by atoms with Crippen LogP contribution in [-0.4, -0.2) is 26.2 Å². The van der Waals surface area contributed by atoms with E-state index in [2.05, 4.69) is 18.8 Å². The molecule has 0 amide bonds. The van der Waals surface area contributed by atoms with Crippen molar-refractivity contribution in [2.45, 2.75) is 18.7 Å². The van der Waals surface area contributed by atoms with Crippen molar-refractivity contribution in [3.05, 3.63) is 24.4 Å². The molecule has 2 nitrogen and oxygen atoms in total. The molecule has 0 radical (unpaired) electrons. The zero-order valence-electron chi connectivity index (χ0n) is 7.81. The second-order valence-electron chi connectivity index (χ2n) is 3.13. The van der Waals surface area contributed by atoms with Crippen molar-refractivity contribution in [3.8, 4) is 0 Å². The molecule has 0 N–H and O–H groups in total. The predicted molar refractivity (Wildman–Crippen MR) is 54.3 cm³/mol. The summed E-state index contributed by atoms with van der Waals surface area (Å²) in [6, 6.07) is 5.84. The van der Waals surface area contributed by atoms with Crippen LogP contribution in [0.3, 0.4) is 0 Å². The quantitative estimate of drug-likeness (QED) is 0.583. The fraction of sp³-hybridized carbons (Fsp3) is 0.400. The zero-order chi connectivity index (χ0) is 9.68. The van der Waals surface area contributed by atoms with Gasteiger partial charge in [-0.3, -0.25) is 0 Å². The van der Waals surface area contributed by atoms with E-state index in [4.69, 9.17) is 0 Å². The minimum absolute atomic E-state index is 0.155. The van der Waals surface area contributed by atoms with E-state index < -0.39 is 0 Å². The maximum atomic E-state index is 10.7. The first-order chi connectivity index (χ1) is 6.24. The van der Waals surface area contributed by atoms with E-state index in [1.807, 2.05) is 18.2 Å². The Balaban J connectivity index is 2.62.